The number of oxazole rings is 1. The Labute approximate surface area is 163 Å². The van der Waals surface area contributed by atoms with Gasteiger partial charge in [0.25, 0.3) is 0 Å². The Morgan fingerprint density at radius 1 is 1.30 bits per heavy atom. The van der Waals surface area contributed by atoms with Crippen LogP contribution < -0.4 is 15.5 Å². The fraction of sp³-hybridized carbons (Fsp3) is 0.300. The van der Waals surface area contributed by atoms with Crippen molar-refractivity contribution in [2.45, 2.75) is 19.0 Å². The second-order valence-electron chi connectivity index (χ2n) is 6.46. The topological polar surface area (TPSA) is 65.7 Å². The Balaban J connectivity index is 1.29. The summed E-state index contributed by atoms with van der Waals surface area (Å²) in [4.78, 5) is 12.3. The zero-order valence-corrected chi connectivity index (χ0v) is 16.1. The highest BCUT2D eigenvalue weighted by Crippen LogP contribution is 2.23. The number of nitrogens with zero attached hydrogens (tertiary/aromatic N) is 3. The second-order valence-corrected chi connectivity index (χ2v) is 7.41. The molecule has 0 spiro atoms. The van der Waals surface area contributed by atoms with Gasteiger partial charge in [0.05, 0.1) is 17.1 Å². The zero-order valence-electron chi connectivity index (χ0n) is 15.3. The molecule has 1 aromatic carbocycles. The van der Waals surface area contributed by atoms with E-state index in [1.165, 1.54) is 5.69 Å². The van der Waals surface area contributed by atoms with Gasteiger partial charge in [-0.05, 0) is 30.0 Å². The van der Waals surface area contributed by atoms with Crippen LogP contribution in [0.4, 0.5) is 5.69 Å². The van der Waals surface area contributed by atoms with Crippen LogP contribution in [0.5, 0.6) is 0 Å². The first-order chi connectivity index (χ1) is 13.3. The van der Waals surface area contributed by atoms with Crippen LogP contribution in [0.1, 0.15) is 12.1 Å². The highest BCUT2D eigenvalue weighted by Gasteiger charge is 2.23. The molecule has 0 amide bonds. The third-order valence-electron chi connectivity index (χ3n) is 4.59. The first-order valence-corrected chi connectivity index (χ1v) is 9.95. The Morgan fingerprint density at radius 3 is 2.96 bits per heavy atom. The van der Waals surface area contributed by atoms with E-state index in [-0.39, 0.29) is 0 Å². The van der Waals surface area contributed by atoms with Crippen LogP contribution in [0.15, 0.2) is 63.5 Å². The molecule has 1 fully saturated rings. The van der Waals surface area contributed by atoms with Crippen molar-refractivity contribution in [3.05, 3.63) is 59.8 Å². The minimum atomic E-state index is 0.371. The van der Waals surface area contributed by atoms with Crippen molar-refractivity contribution in [1.82, 2.24) is 15.6 Å². The van der Waals surface area contributed by atoms with Crippen LogP contribution in [-0.2, 0) is 6.54 Å². The predicted octanol–water partition coefficient (Wildman–Crippen LogP) is 3.35. The molecule has 4 rings (SSSR count). The molecular formula is C20H23N5OS. The molecule has 1 unspecified atom stereocenters. The van der Waals surface area contributed by atoms with Gasteiger partial charge in [0, 0.05) is 31.9 Å². The van der Waals surface area contributed by atoms with Gasteiger partial charge in [0.15, 0.2) is 5.96 Å². The van der Waals surface area contributed by atoms with E-state index < -0.39 is 0 Å². The predicted molar refractivity (Wildman–Crippen MR) is 110 cm³/mol. The van der Waals surface area contributed by atoms with Crippen LogP contribution >= 0.6 is 11.3 Å². The van der Waals surface area contributed by atoms with Crippen LogP contribution in [0.3, 0.4) is 0 Å². The summed E-state index contributed by atoms with van der Waals surface area (Å²) in [5.41, 5.74) is 2.13. The van der Waals surface area contributed by atoms with Gasteiger partial charge in [-0.15, -0.1) is 11.3 Å². The first-order valence-electron chi connectivity index (χ1n) is 9.07. The summed E-state index contributed by atoms with van der Waals surface area (Å²) in [7, 11) is 1.79. The van der Waals surface area contributed by atoms with Crippen LogP contribution in [0, 0.1) is 0 Å². The molecule has 0 bridgehead atoms. The van der Waals surface area contributed by atoms with E-state index in [1.807, 2.05) is 17.5 Å². The first kappa shape index (κ1) is 17.6. The lowest BCUT2D eigenvalue weighted by molar-refractivity contribution is 0.573. The maximum absolute atomic E-state index is 5.56. The van der Waals surface area contributed by atoms with E-state index in [2.05, 4.69) is 55.8 Å². The van der Waals surface area contributed by atoms with Gasteiger partial charge >= 0.3 is 0 Å². The molecule has 3 aromatic rings. The number of nitrogens with one attached hydrogen (secondary N) is 2. The van der Waals surface area contributed by atoms with Crippen LogP contribution in [0.25, 0.3) is 10.8 Å². The molecule has 1 aliphatic rings. The standard InChI is InChI=1S/C20H23N5OS/c1-21-20(22-12-16-14-26-19(23-16)18-8-5-11-27-18)24-15-9-10-25(13-15)17-6-3-2-4-7-17/h2-8,11,14-15H,9-10,12-13H2,1H3,(H2,21,22,24). The van der Waals surface area contributed by atoms with Crippen molar-refractivity contribution in [1.29, 1.82) is 0 Å². The van der Waals surface area contributed by atoms with Crippen molar-refractivity contribution in [3.8, 4) is 10.8 Å². The number of anilines is 1. The zero-order chi connectivity index (χ0) is 18.5. The Bertz CT molecular complexity index is 875. The molecule has 0 aliphatic carbocycles. The summed E-state index contributed by atoms with van der Waals surface area (Å²) in [6.45, 7) is 2.59. The number of aliphatic imine (C=N–C) groups is 1. The normalized spacial score (nSPS) is 17.3. The van der Waals surface area contributed by atoms with Crippen molar-refractivity contribution in [2.75, 3.05) is 25.0 Å². The van der Waals surface area contributed by atoms with Crippen LogP contribution in [-0.4, -0.2) is 37.1 Å². The third-order valence-corrected chi connectivity index (χ3v) is 5.45. The lowest BCUT2D eigenvalue weighted by Crippen LogP contribution is -2.44. The number of thiophene rings is 1. The van der Waals surface area contributed by atoms with Crippen molar-refractivity contribution >= 4 is 23.0 Å². The minimum Gasteiger partial charge on any atom is -0.443 e. The molecule has 0 radical (unpaired) electrons. The SMILES string of the molecule is CN=C(NCc1coc(-c2cccs2)n1)NC1CCN(c2ccccc2)C1. The van der Waals surface area contributed by atoms with Gasteiger partial charge in [-0.1, -0.05) is 24.3 Å². The van der Waals surface area contributed by atoms with Crippen molar-refractivity contribution in [2.24, 2.45) is 4.99 Å². The second kappa shape index (κ2) is 8.26. The van der Waals surface area contributed by atoms with E-state index in [0.717, 1.165) is 36.0 Å². The number of rotatable bonds is 5. The van der Waals surface area contributed by atoms with E-state index in [1.54, 1.807) is 24.6 Å². The molecule has 1 saturated heterocycles. The summed E-state index contributed by atoms with van der Waals surface area (Å²) in [5, 5.41) is 8.86. The largest absolute Gasteiger partial charge is 0.443 e. The number of aromatic nitrogens is 1. The molecule has 0 saturated carbocycles. The molecule has 1 aliphatic heterocycles. The number of hydrogen-bond acceptors (Lipinski definition) is 5. The summed E-state index contributed by atoms with van der Waals surface area (Å²) in [6.07, 6.45) is 2.78. The molecule has 140 valence electrons. The van der Waals surface area contributed by atoms with Crippen LogP contribution in [0.2, 0.25) is 0 Å². The Morgan fingerprint density at radius 2 is 2.19 bits per heavy atom. The van der Waals surface area contributed by atoms with E-state index in [4.69, 9.17) is 4.42 Å². The molecule has 2 aromatic heterocycles. The summed E-state index contributed by atoms with van der Waals surface area (Å²) in [6, 6.07) is 14.9. The fourth-order valence-electron chi connectivity index (χ4n) is 3.22. The molecular weight excluding hydrogens is 358 g/mol. The van der Waals surface area contributed by atoms with Gasteiger partial charge in [0.2, 0.25) is 5.89 Å². The van der Waals surface area contributed by atoms with Gasteiger partial charge in [0.1, 0.15) is 6.26 Å². The Kier molecular flexibility index (Phi) is 5.39. The van der Waals surface area contributed by atoms with E-state index in [0.29, 0.717) is 18.5 Å². The summed E-state index contributed by atoms with van der Waals surface area (Å²) >= 11 is 1.62. The quantitative estimate of drug-likeness (QED) is 0.524. The minimum absolute atomic E-state index is 0.371. The van der Waals surface area contributed by atoms with Gasteiger partial charge < -0.3 is 20.0 Å². The average molecular weight is 382 g/mol. The number of benzene rings is 1. The molecule has 1 atom stereocenters. The number of para-hydroxylation sites is 1. The lowest BCUT2D eigenvalue weighted by Gasteiger charge is -2.20. The smallest absolute Gasteiger partial charge is 0.236 e. The number of hydrogen-bond donors (Lipinski definition) is 2. The van der Waals surface area contributed by atoms with Crippen molar-refractivity contribution < 1.29 is 4.42 Å². The fourth-order valence-corrected chi connectivity index (χ4v) is 3.87. The van der Waals surface area contributed by atoms with Gasteiger partial charge in [-0.3, -0.25) is 4.99 Å². The summed E-state index contributed by atoms with van der Waals surface area (Å²) < 4.78 is 5.56. The lowest BCUT2D eigenvalue weighted by atomic mass is 10.3. The maximum atomic E-state index is 5.56. The van der Waals surface area contributed by atoms with Gasteiger partial charge in [-0.25, -0.2) is 4.98 Å². The van der Waals surface area contributed by atoms with E-state index >= 15 is 0 Å². The Hall–Kier alpha value is -2.80. The van der Waals surface area contributed by atoms with E-state index in [9.17, 15) is 0 Å². The molecule has 2 N–H and O–H groups in total. The van der Waals surface area contributed by atoms with Gasteiger partial charge in [-0.2, -0.15) is 0 Å². The highest BCUT2D eigenvalue weighted by atomic mass is 32.1. The monoisotopic (exact) mass is 381 g/mol. The molecule has 3 heterocycles. The van der Waals surface area contributed by atoms with Crippen molar-refractivity contribution in [3.63, 3.8) is 0 Å². The summed E-state index contributed by atoms with van der Waals surface area (Å²) in [5.74, 6) is 1.45. The highest BCUT2D eigenvalue weighted by molar-refractivity contribution is 7.13. The number of guanidine groups is 1. The maximum Gasteiger partial charge on any atom is 0.236 e. The average Bonchev–Trinajstić information content (AvgIpc) is 3.47. The molecule has 27 heavy (non-hydrogen) atoms. The molecule has 6 nitrogen and oxygen atoms in total. The molecule has 7 heteroatoms. The third kappa shape index (κ3) is 4.31.